The van der Waals surface area contributed by atoms with E-state index in [1.807, 2.05) is 0 Å². The molecule has 7 heterocycles. The Balaban J connectivity index is 1.34. The number of hydrogen-bond acceptors (Lipinski definition) is 8. The van der Waals surface area contributed by atoms with E-state index in [1.54, 1.807) is 29.2 Å². The van der Waals surface area contributed by atoms with Crippen molar-refractivity contribution in [3.05, 3.63) is 52.9 Å². The van der Waals surface area contributed by atoms with Gasteiger partial charge in [-0.1, -0.05) is 30.2 Å². The first kappa shape index (κ1) is 30.5. The van der Waals surface area contributed by atoms with E-state index in [0.717, 1.165) is 0 Å². The van der Waals surface area contributed by atoms with Gasteiger partial charge in [0.05, 0.1) is 17.1 Å². The van der Waals surface area contributed by atoms with Crippen LogP contribution in [0, 0.1) is 0 Å². The van der Waals surface area contributed by atoms with Crippen LogP contribution in [-0.4, -0.2) is 68.6 Å². The predicted molar refractivity (Wildman–Crippen MR) is 162 cm³/mol. The van der Waals surface area contributed by atoms with Gasteiger partial charge in [0.15, 0.2) is 11.4 Å². The Labute approximate surface area is 266 Å². The quantitative estimate of drug-likeness (QED) is 0.249. The third kappa shape index (κ3) is 5.48. The summed E-state index contributed by atoms with van der Waals surface area (Å²) in [5, 5.41) is 10.9. The second-order valence-corrected chi connectivity index (χ2v) is 12.7. The monoisotopic (exact) mass is 657 g/mol. The number of alkyl halides is 3. The zero-order valence-corrected chi connectivity index (χ0v) is 25.5. The van der Waals surface area contributed by atoms with Crippen LogP contribution in [0.4, 0.5) is 19.0 Å². The number of aromatic nitrogens is 3. The van der Waals surface area contributed by atoms with Gasteiger partial charge < -0.3 is 24.1 Å². The summed E-state index contributed by atoms with van der Waals surface area (Å²) in [4.78, 5) is 41.2. The Morgan fingerprint density at radius 2 is 1.85 bits per heavy atom. The molecule has 1 N–H and O–H groups in total. The maximum Gasteiger partial charge on any atom is 0.326 e. The van der Waals surface area contributed by atoms with Gasteiger partial charge in [-0.2, -0.15) is 8.78 Å². The number of carboxylic acid groups (broad SMARTS) is 1. The van der Waals surface area contributed by atoms with Crippen molar-refractivity contribution in [1.29, 1.82) is 0 Å². The molecule has 2 atom stereocenters. The number of aliphatic carboxylic acids is 1. The van der Waals surface area contributed by atoms with Crippen molar-refractivity contribution in [3.63, 3.8) is 0 Å². The molecule has 46 heavy (non-hydrogen) atoms. The molecule has 6 bridgehead atoms. The number of para-hydroxylation sites is 1. The molecule has 3 aromatic heterocycles. The van der Waals surface area contributed by atoms with E-state index in [2.05, 4.69) is 15.0 Å². The average molecular weight is 658 g/mol. The highest BCUT2D eigenvalue weighted by Crippen LogP contribution is 2.44. The number of fused-ring (bicyclic) bond motifs is 11. The second kappa shape index (κ2) is 11.6. The van der Waals surface area contributed by atoms with Gasteiger partial charge in [-0.3, -0.25) is 4.79 Å². The van der Waals surface area contributed by atoms with Gasteiger partial charge in [0.1, 0.15) is 28.9 Å². The number of pyridine rings is 1. The molecule has 1 aromatic carbocycles. The van der Waals surface area contributed by atoms with Crippen LogP contribution < -0.4 is 9.64 Å². The number of nitrogens with zero attached hydrogens (tertiary/aromatic N) is 5. The summed E-state index contributed by atoms with van der Waals surface area (Å²) in [5.41, 5.74) is -1.16. The van der Waals surface area contributed by atoms with Crippen molar-refractivity contribution in [2.24, 2.45) is 0 Å². The first-order valence-electron chi connectivity index (χ1n) is 15.4. The van der Waals surface area contributed by atoms with Crippen LogP contribution in [0.25, 0.3) is 22.1 Å². The van der Waals surface area contributed by atoms with Crippen LogP contribution in [0.2, 0.25) is 5.02 Å². The summed E-state index contributed by atoms with van der Waals surface area (Å²) < 4.78 is 60.4. The average Bonchev–Trinajstić information content (AvgIpc) is 3.63. The van der Waals surface area contributed by atoms with E-state index >= 15 is 13.2 Å². The van der Waals surface area contributed by atoms with Crippen molar-refractivity contribution in [2.75, 3.05) is 24.5 Å². The number of benzene rings is 1. The molecule has 0 aliphatic carbocycles. The van der Waals surface area contributed by atoms with Crippen molar-refractivity contribution in [2.45, 2.75) is 75.1 Å². The highest BCUT2D eigenvalue weighted by molar-refractivity contribution is 6.30. The van der Waals surface area contributed by atoms with Crippen LogP contribution in [0.1, 0.15) is 62.8 Å². The minimum absolute atomic E-state index is 0.00830. The molecule has 4 aliphatic rings. The third-order valence-corrected chi connectivity index (χ3v) is 9.42. The predicted octanol–water partition coefficient (Wildman–Crippen LogP) is 6.38. The first-order valence-corrected chi connectivity index (χ1v) is 15.8. The third-order valence-electron chi connectivity index (χ3n) is 9.22. The lowest BCUT2D eigenvalue weighted by Crippen LogP contribution is -2.43. The first-order chi connectivity index (χ1) is 22.0. The summed E-state index contributed by atoms with van der Waals surface area (Å²) in [7, 11) is 0. The fourth-order valence-corrected chi connectivity index (χ4v) is 6.89. The largest absolute Gasteiger partial charge is 0.480 e. The molecule has 242 valence electrons. The zero-order valence-electron chi connectivity index (χ0n) is 24.7. The molecule has 2 saturated heterocycles. The SMILES string of the molecule is O=C(O)[C@@H]1C[C@H]2CN1c1nc(nc3c1oc1ccccc13)C(F)(F)CCCCCC(=O)N1CCC(F)(CC1)c1cc(Cl)cnc1O2. The topological polar surface area (TPSA) is 122 Å². The molecule has 0 saturated carbocycles. The van der Waals surface area contributed by atoms with Gasteiger partial charge in [-0.15, -0.1) is 0 Å². The standard InChI is InChI=1S/C32H31ClF3N5O5/c33-18-14-21-28(37-16-18)45-19-15-22(29(43)44)41(17-19)27-26-25(20-6-3-4-7-23(20)46-26)38-30(39-27)32(35,36)9-5-1-2-8-24(42)40-12-10-31(21,34)11-13-40/h3-4,6-7,14,16,19,22H,1-2,5,8-13,15,17H2,(H,43,44)/t19-,22-/m0/s1. The molecule has 10 nitrogen and oxygen atoms in total. The molecule has 0 spiro atoms. The van der Waals surface area contributed by atoms with Crippen LogP contribution in [0.15, 0.2) is 40.9 Å². The minimum Gasteiger partial charge on any atom is -0.480 e. The number of carbonyl (C=O) groups excluding carboxylic acids is 1. The van der Waals surface area contributed by atoms with E-state index in [9.17, 15) is 14.7 Å². The Kier molecular flexibility index (Phi) is 7.69. The lowest BCUT2D eigenvalue weighted by atomic mass is 9.86. The molecule has 14 heteroatoms. The van der Waals surface area contributed by atoms with E-state index in [1.165, 1.54) is 17.2 Å². The summed E-state index contributed by atoms with van der Waals surface area (Å²) >= 11 is 6.24. The minimum atomic E-state index is -3.44. The lowest BCUT2D eigenvalue weighted by Gasteiger charge is -2.37. The van der Waals surface area contributed by atoms with Crippen LogP contribution in [0.3, 0.4) is 0 Å². The Morgan fingerprint density at radius 3 is 2.63 bits per heavy atom. The van der Waals surface area contributed by atoms with Gasteiger partial charge >= 0.3 is 11.9 Å². The second-order valence-electron chi connectivity index (χ2n) is 12.2. The number of carboxylic acids is 1. The fourth-order valence-electron chi connectivity index (χ4n) is 6.73. The van der Waals surface area contributed by atoms with Gasteiger partial charge in [0, 0.05) is 56.8 Å². The van der Waals surface area contributed by atoms with Crippen molar-refractivity contribution in [1.82, 2.24) is 19.9 Å². The maximum atomic E-state index is 16.6. The molecule has 4 aromatic rings. The molecule has 4 aliphatic heterocycles. The number of ether oxygens (including phenoxy) is 1. The van der Waals surface area contributed by atoms with Gasteiger partial charge in [0.2, 0.25) is 17.6 Å². The summed E-state index contributed by atoms with van der Waals surface area (Å²) in [5.74, 6) is -5.69. The van der Waals surface area contributed by atoms with Crippen molar-refractivity contribution < 1.29 is 37.0 Å². The van der Waals surface area contributed by atoms with E-state index in [-0.39, 0.29) is 91.0 Å². The lowest BCUT2D eigenvalue weighted by molar-refractivity contribution is -0.138. The number of halogens is 4. The number of amides is 1. The highest BCUT2D eigenvalue weighted by atomic mass is 35.5. The molecular formula is C32H31ClF3N5O5. The Hall–Kier alpha value is -4.13. The van der Waals surface area contributed by atoms with Crippen molar-refractivity contribution >= 4 is 51.4 Å². The number of anilines is 1. The fraction of sp³-hybridized carbons (Fsp3) is 0.469. The van der Waals surface area contributed by atoms with Crippen LogP contribution in [-0.2, 0) is 21.2 Å². The van der Waals surface area contributed by atoms with Gasteiger partial charge in [-0.05, 0) is 31.0 Å². The zero-order chi connectivity index (χ0) is 32.2. The highest BCUT2D eigenvalue weighted by Gasteiger charge is 2.45. The number of hydrogen-bond donors (Lipinski definition) is 1. The molecular weight excluding hydrogens is 627 g/mol. The molecule has 8 rings (SSSR count). The number of rotatable bonds is 1. The molecule has 0 radical (unpaired) electrons. The number of carbonyl (C=O) groups is 2. The Morgan fingerprint density at radius 1 is 1.07 bits per heavy atom. The molecule has 2 fully saturated rings. The van der Waals surface area contributed by atoms with Gasteiger partial charge in [0.25, 0.3) is 0 Å². The van der Waals surface area contributed by atoms with Crippen LogP contribution in [0.5, 0.6) is 5.88 Å². The molecule has 0 unspecified atom stereocenters. The van der Waals surface area contributed by atoms with Crippen LogP contribution >= 0.6 is 11.6 Å². The van der Waals surface area contributed by atoms with Crippen molar-refractivity contribution in [3.8, 4) is 5.88 Å². The van der Waals surface area contributed by atoms with Gasteiger partial charge in [-0.25, -0.2) is 24.1 Å². The summed E-state index contributed by atoms with van der Waals surface area (Å²) in [6, 6.07) is 7.04. The normalized spacial score (nSPS) is 23.3. The smallest absolute Gasteiger partial charge is 0.326 e. The number of piperidine rings is 1. The maximum absolute atomic E-state index is 16.6. The van der Waals surface area contributed by atoms with E-state index in [4.69, 9.17) is 20.8 Å². The number of furan rings is 1. The summed E-state index contributed by atoms with van der Waals surface area (Å²) in [6.07, 6.45) is 0.883. The van der Waals surface area contributed by atoms with E-state index < -0.39 is 42.0 Å². The Bertz CT molecular complexity index is 1830. The summed E-state index contributed by atoms with van der Waals surface area (Å²) in [6.45, 7) is 0.241. The molecule has 1 amide bonds. The van der Waals surface area contributed by atoms with E-state index in [0.29, 0.717) is 23.8 Å².